The SMILES string of the molecule is CC(C)NCCC(C)c1cccc2cnccc12. The van der Waals surface area contributed by atoms with Crippen LogP contribution in [-0.4, -0.2) is 17.6 Å². The van der Waals surface area contributed by atoms with Gasteiger partial charge >= 0.3 is 0 Å². The molecule has 18 heavy (non-hydrogen) atoms. The second kappa shape index (κ2) is 5.96. The molecular weight excluding hydrogens is 220 g/mol. The fourth-order valence-electron chi connectivity index (χ4n) is 2.32. The Balaban J connectivity index is 2.15. The van der Waals surface area contributed by atoms with Gasteiger partial charge in [-0.25, -0.2) is 0 Å². The molecule has 2 heteroatoms. The minimum Gasteiger partial charge on any atom is -0.315 e. The van der Waals surface area contributed by atoms with Crippen LogP contribution in [0.15, 0.2) is 36.7 Å². The molecule has 0 aliphatic carbocycles. The van der Waals surface area contributed by atoms with E-state index in [0.29, 0.717) is 12.0 Å². The summed E-state index contributed by atoms with van der Waals surface area (Å²) in [7, 11) is 0. The van der Waals surface area contributed by atoms with Gasteiger partial charge in [-0.05, 0) is 35.9 Å². The van der Waals surface area contributed by atoms with Crippen molar-refractivity contribution >= 4 is 10.8 Å². The van der Waals surface area contributed by atoms with Crippen molar-refractivity contribution in [2.75, 3.05) is 6.54 Å². The number of hydrogen-bond acceptors (Lipinski definition) is 2. The Morgan fingerprint density at radius 1 is 1.17 bits per heavy atom. The molecule has 96 valence electrons. The molecule has 0 aliphatic heterocycles. The fraction of sp³-hybridized carbons (Fsp3) is 0.438. The first-order valence-electron chi connectivity index (χ1n) is 6.74. The van der Waals surface area contributed by atoms with Gasteiger partial charge in [-0.15, -0.1) is 0 Å². The Kier molecular flexibility index (Phi) is 4.32. The Morgan fingerprint density at radius 2 is 2.00 bits per heavy atom. The Labute approximate surface area is 109 Å². The summed E-state index contributed by atoms with van der Waals surface area (Å²) in [5, 5.41) is 6.05. The van der Waals surface area contributed by atoms with Crippen LogP contribution >= 0.6 is 0 Å². The lowest BCUT2D eigenvalue weighted by Crippen LogP contribution is -2.24. The van der Waals surface area contributed by atoms with Crippen LogP contribution in [0.2, 0.25) is 0 Å². The molecule has 2 aromatic rings. The van der Waals surface area contributed by atoms with Gasteiger partial charge in [0, 0.05) is 23.8 Å². The number of hydrogen-bond donors (Lipinski definition) is 1. The third-order valence-electron chi connectivity index (χ3n) is 3.38. The second-order valence-electron chi connectivity index (χ2n) is 5.24. The first kappa shape index (κ1) is 13.0. The highest BCUT2D eigenvalue weighted by molar-refractivity contribution is 5.85. The molecule has 0 saturated heterocycles. The van der Waals surface area contributed by atoms with Crippen molar-refractivity contribution in [3.05, 3.63) is 42.2 Å². The van der Waals surface area contributed by atoms with Gasteiger partial charge in [-0.2, -0.15) is 0 Å². The van der Waals surface area contributed by atoms with Crippen LogP contribution in [0.4, 0.5) is 0 Å². The molecule has 1 atom stereocenters. The summed E-state index contributed by atoms with van der Waals surface area (Å²) in [4.78, 5) is 4.19. The van der Waals surface area contributed by atoms with E-state index in [2.05, 4.69) is 55.3 Å². The lowest BCUT2D eigenvalue weighted by molar-refractivity contribution is 0.542. The van der Waals surface area contributed by atoms with Crippen LogP contribution in [0.3, 0.4) is 0 Å². The van der Waals surface area contributed by atoms with E-state index in [-0.39, 0.29) is 0 Å². The Hall–Kier alpha value is -1.41. The molecular formula is C16H22N2. The highest BCUT2D eigenvalue weighted by atomic mass is 14.9. The summed E-state index contributed by atoms with van der Waals surface area (Å²) in [6.45, 7) is 7.75. The maximum Gasteiger partial charge on any atom is 0.0346 e. The molecule has 1 aromatic carbocycles. The zero-order chi connectivity index (χ0) is 13.0. The average Bonchev–Trinajstić information content (AvgIpc) is 2.37. The van der Waals surface area contributed by atoms with Crippen molar-refractivity contribution in [1.82, 2.24) is 10.3 Å². The van der Waals surface area contributed by atoms with Gasteiger partial charge in [0.15, 0.2) is 0 Å². The predicted octanol–water partition coefficient (Wildman–Crippen LogP) is 3.73. The van der Waals surface area contributed by atoms with Crippen molar-refractivity contribution in [2.24, 2.45) is 0 Å². The monoisotopic (exact) mass is 242 g/mol. The Morgan fingerprint density at radius 3 is 2.78 bits per heavy atom. The molecule has 0 amide bonds. The number of benzene rings is 1. The normalized spacial score (nSPS) is 13.1. The number of pyridine rings is 1. The highest BCUT2D eigenvalue weighted by Crippen LogP contribution is 2.26. The van der Waals surface area contributed by atoms with E-state index in [1.807, 2.05) is 12.4 Å². The number of rotatable bonds is 5. The van der Waals surface area contributed by atoms with Gasteiger partial charge in [-0.3, -0.25) is 4.98 Å². The van der Waals surface area contributed by atoms with Gasteiger partial charge in [0.2, 0.25) is 0 Å². The third-order valence-corrected chi connectivity index (χ3v) is 3.38. The molecule has 1 N–H and O–H groups in total. The minimum absolute atomic E-state index is 0.564. The van der Waals surface area contributed by atoms with Crippen molar-refractivity contribution in [1.29, 1.82) is 0 Å². The molecule has 0 saturated carbocycles. The van der Waals surface area contributed by atoms with Crippen LogP contribution in [0, 0.1) is 0 Å². The zero-order valence-corrected chi connectivity index (χ0v) is 11.5. The van der Waals surface area contributed by atoms with Gasteiger partial charge in [0.05, 0.1) is 0 Å². The van der Waals surface area contributed by atoms with Crippen molar-refractivity contribution in [2.45, 2.75) is 39.2 Å². The van der Waals surface area contributed by atoms with Crippen molar-refractivity contribution < 1.29 is 0 Å². The number of aromatic nitrogens is 1. The average molecular weight is 242 g/mol. The smallest absolute Gasteiger partial charge is 0.0346 e. The molecule has 0 radical (unpaired) electrons. The maximum atomic E-state index is 4.19. The quantitative estimate of drug-likeness (QED) is 0.864. The fourth-order valence-corrected chi connectivity index (χ4v) is 2.32. The van der Waals surface area contributed by atoms with E-state index in [1.165, 1.54) is 22.8 Å². The lowest BCUT2D eigenvalue weighted by atomic mass is 9.93. The van der Waals surface area contributed by atoms with E-state index in [9.17, 15) is 0 Å². The molecule has 2 rings (SSSR count). The topological polar surface area (TPSA) is 24.9 Å². The first-order valence-corrected chi connectivity index (χ1v) is 6.74. The molecule has 1 unspecified atom stereocenters. The van der Waals surface area contributed by atoms with Crippen LogP contribution in [0.5, 0.6) is 0 Å². The zero-order valence-electron chi connectivity index (χ0n) is 11.5. The van der Waals surface area contributed by atoms with Crippen molar-refractivity contribution in [3.63, 3.8) is 0 Å². The van der Waals surface area contributed by atoms with Crippen molar-refractivity contribution in [3.8, 4) is 0 Å². The van der Waals surface area contributed by atoms with E-state index >= 15 is 0 Å². The molecule has 0 fully saturated rings. The van der Waals surface area contributed by atoms with Gasteiger partial charge in [0.25, 0.3) is 0 Å². The largest absolute Gasteiger partial charge is 0.315 e. The number of nitrogens with one attached hydrogen (secondary N) is 1. The van der Waals surface area contributed by atoms with Crippen LogP contribution in [0.25, 0.3) is 10.8 Å². The molecule has 0 bridgehead atoms. The molecule has 1 aromatic heterocycles. The summed E-state index contributed by atoms with van der Waals surface area (Å²) in [6, 6.07) is 9.18. The Bertz CT molecular complexity index is 500. The number of fused-ring (bicyclic) bond motifs is 1. The van der Waals surface area contributed by atoms with Gasteiger partial charge in [0.1, 0.15) is 0 Å². The lowest BCUT2D eigenvalue weighted by Gasteiger charge is -2.16. The molecule has 1 heterocycles. The van der Waals surface area contributed by atoms with Crippen LogP contribution in [0.1, 0.15) is 38.7 Å². The van der Waals surface area contributed by atoms with Gasteiger partial charge < -0.3 is 5.32 Å². The molecule has 2 nitrogen and oxygen atoms in total. The van der Waals surface area contributed by atoms with E-state index in [4.69, 9.17) is 0 Å². The summed E-state index contributed by atoms with van der Waals surface area (Å²) in [6.07, 6.45) is 4.99. The molecule has 0 spiro atoms. The third kappa shape index (κ3) is 3.08. The summed E-state index contributed by atoms with van der Waals surface area (Å²) >= 11 is 0. The summed E-state index contributed by atoms with van der Waals surface area (Å²) in [5.74, 6) is 0.572. The standard InChI is InChI=1S/C16H22N2/c1-12(2)18-10-7-13(3)15-6-4-5-14-11-17-9-8-16(14)15/h4-6,8-9,11-13,18H,7,10H2,1-3H3. The predicted molar refractivity (Wildman–Crippen MR) is 77.9 cm³/mol. The first-order chi connectivity index (χ1) is 8.68. The maximum absolute atomic E-state index is 4.19. The summed E-state index contributed by atoms with van der Waals surface area (Å²) in [5.41, 5.74) is 1.43. The van der Waals surface area contributed by atoms with E-state index < -0.39 is 0 Å². The highest BCUT2D eigenvalue weighted by Gasteiger charge is 2.09. The van der Waals surface area contributed by atoms with E-state index in [1.54, 1.807) is 0 Å². The van der Waals surface area contributed by atoms with E-state index in [0.717, 1.165) is 6.54 Å². The minimum atomic E-state index is 0.564. The van der Waals surface area contributed by atoms with Gasteiger partial charge in [-0.1, -0.05) is 39.0 Å². The number of nitrogens with zero attached hydrogens (tertiary/aromatic N) is 1. The van der Waals surface area contributed by atoms with Crippen LogP contribution in [-0.2, 0) is 0 Å². The second-order valence-corrected chi connectivity index (χ2v) is 5.24. The molecule has 0 aliphatic rings. The summed E-state index contributed by atoms with van der Waals surface area (Å²) < 4.78 is 0. The van der Waals surface area contributed by atoms with Crippen LogP contribution < -0.4 is 5.32 Å².